The second-order valence-corrected chi connectivity index (χ2v) is 3.88. The molecular weight excluding hydrogens is 222 g/mol. The lowest BCUT2D eigenvalue weighted by molar-refractivity contribution is 1.20. The highest BCUT2D eigenvalue weighted by atomic mass is 35.5. The quantitative estimate of drug-likeness (QED) is 0.836. The van der Waals surface area contributed by atoms with Crippen LogP contribution in [-0.4, -0.2) is 4.98 Å². The Balaban J connectivity index is 2.28. The number of hydrogen-bond donors (Lipinski definition) is 2. The van der Waals surface area contributed by atoms with Crippen LogP contribution in [-0.2, 0) is 0 Å². The van der Waals surface area contributed by atoms with E-state index in [1.54, 1.807) is 0 Å². The summed E-state index contributed by atoms with van der Waals surface area (Å²) in [5.41, 5.74) is 8.02. The van der Waals surface area contributed by atoms with Crippen molar-refractivity contribution >= 4 is 28.8 Å². The molecule has 4 heteroatoms. The van der Waals surface area contributed by atoms with E-state index in [9.17, 15) is 0 Å². The zero-order valence-electron chi connectivity index (χ0n) is 8.87. The van der Waals surface area contributed by atoms with Crippen LogP contribution in [0, 0.1) is 6.92 Å². The normalized spacial score (nSPS) is 10.1. The summed E-state index contributed by atoms with van der Waals surface area (Å²) in [5.74, 6) is 0.736. The van der Waals surface area contributed by atoms with Gasteiger partial charge in [-0.15, -0.1) is 0 Å². The third-order valence-corrected chi connectivity index (χ3v) is 2.59. The number of halogens is 1. The van der Waals surface area contributed by atoms with E-state index in [0.29, 0.717) is 10.7 Å². The molecule has 0 amide bonds. The summed E-state index contributed by atoms with van der Waals surface area (Å²) in [6.07, 6.45) is 0. The highest BCUT2D eigenvalue weighted by molar-refractivity contribution is 6.33. The number of nitrogens with zero attached hydrogens (tertiary/aromatic N) is 1. The standard InChI is InChI=1S/C12H12ClN3/c1-8-10(14)6-7-12(15-8)16-11-5-3-2-4-9(11)13/h2-7H,14H2,1H3,(H,15,16). The number of para-hydroxylation sites is 1. The highest BCUT2D eigenvalue weighted by Crippen LogP contribution is 2.24. The summed E-state index contributed by atoms with van der Waals surface area (Å²) in [6.45, 7) is 1.87. The Hall–Kier alpha value is -1.74. The van der Waals surface area contributed by atoms with Gasteiger partial charge in [-0.2, -0.15) is 0 Å². The van der Waals surface area contributed by atoms with E-state index >= 15 is 0 Å². The van der Waals surface area contributed by atoms with Crippen LogP contribution < -0.4 is 11.1 Å². The van der Waals surface area contributed by atoms with Gasteiger partial charge in [0.25, 0.3) is 0 Å². The van der Waals surface area contributed by atoms with Crippen molar-refractivity contribution in [2.75, 3.05) is 11.1 Å². The first-order valence-corrected chi connectivity index (χ1v) is 5.29. The van der Waals surface area contributed by atoms with Crippen LogP contribution in [0.15, 0.2) is 36.4 Å². The minimum atomic E-state index is 0.666. The molecule has 1 heterocycles. The zero-order valence-corrected chi connectivity index (χ0v) is 9.62. The minimum Gasteiger partial charge on any atom is -0.397 e. The molecule has 0 bridgehead atoms. The lowest BCUT2D eigenvalue weighted by Crippen LogP contribution is -1.98. The number of aromatic nitrogens is 1. The molecule has 1 aromatic heterocycles. The summed E-state index contributed by atoms with van der Waals surface area (Å²) in [7, 11) is 0. The summed E-state index contributed by atoms with van der Waals surface area (Å²) in [5, 5.41) is 3.81. The molecule has 2 aromatic rings. The maximum absolute atomic E-state index is 6.03. The van der Waals surface area contributed by atoms with Crippen molar-refractivity contribution in [2.45, 2.75) is 6.92 Å². The van der Waals surface area contributed by atoms with E-state index in [1.807, 2.05) is 43.3 Å². The lowest BCUT2D eigenvalue weighted by atomic mass is 10.3. The number of pyridine rings is 1. The molecule has 0 aliphatic carbocycles. The van der Waals surface area contributed by atoms with Crippen molar-refractivity contribution in [1.82, 2.24) is 4.98 Å². The van der Waals surface area contributed by atoms with Gasteiger partial charge in [0, 0.05) is 0 Å². The molecule has 0 unspecified atom stereocenters. The Morgan fingerprint density at radius 3 is 2.62 bits per heavy atom. The van der Waals surface area contributed by atoms with Gasteiger partial charge >= 0.3 is 0 Å². The molecule has 1 aromatic carbocycles. The molecule has 0 saturated carbocycles. The molecule has 0 aliphatic heterocycles. The second kappa shape index (κ2) is 4.41. The largest absolute Gasteiger partial charge is 0.397 e. The van der Waals surface area contributed by atoms with E-state index in [4.69, 9.17) is 17.3 Å². The van der Waals surface area contributed by atoms with Gasteiger partial charge in [-0.25, -0.2) is 4.98 Å². The fourth-order valence-corrected chi connectivity index (χ4v) is 1.52. The van der Waals surface area contributed by atoms with Gasteiger partial charge in [-0.1, -0.05) is 23.7 Å². The Morgan fingerprint density at radius 1 is 1.19 bits per heavy atom. The molecule has 16 heavy (non-hydrogen) atoms. The number of nitrogens with one attached hydrogen (secondary N) is 1. The number of rotatable bonds is 2. The van der Waals surface area contributed by atoms with E-state index < -0.39 is 0 Å². The van der Waals surface area contributed by atoms with Gasteiger partial charge in [-0.3, -0.25) is 0 Å². The fraction of sp³-hybridized carbons (Fsp3) is 0.0833. The number of nitrogen functional groups attached to an aromatic ring is 1. The van der Waals surface area contributed by atoms with Crippen LogP contribution in [0.5, 0.6) is 0 Å². The van der Waals surface area contributed by atoms with Crippen molar-refractivity contribution < 1.29 is 0 Å². The topological polar surface area (TPSA) is 50.9 Å². The molecule has 0 aliphatic rings. The minimum absolute atomic E-state index is 0.666. The summed E-state index contributed by atoms with van der Waals surface area (Å²) in [6, 6.07) is 11.2. The number of aryl methyl sites for hydroxylation is 1. The van der Waals surface area contributed by atoms with E-state index in [1.165, 1.54) is 0 Å². The fourth-order valence-electron chi connectivity index (χ4n) is 1.34. The Morgan fingerprint density at radius 2 is 1.94 bits per heavy atom. The summed E-state index contributed by atoms with van der Waals surface area (Å²) in [4.78, 5) is 4.31. The second-order valence-electron chi connectivity index (χ2n) is 3.48. The molecule has 3 nitrogen and oxygen atoms in total. The van der Waals surface area contributed by atoms with Gasteiger partial charge in [0.15, 0.2) is 0 Å². The van der Waals surface area contributed by atoms with Crippen molar-refractivity contribution in [1.29, 1.82) is 0 Å². The SMILES string of the molecule is Cc1nc(Nc2ccccc2Cl)ccc1N. The number of benzene rings is 1. The molecular formula is C12H12ClN3. The maximum atomic E-state index is 6.03. The van der Waals surface area contributed by atoms with Gasteiger partial charge in [0.05, 0.1) is 22.1 Å². The van der Waals surface area contributed by atoms with Crippen LogP contribution in [0.25, 0.3) is 0 Å². The monoisotopic (exact) mass is 233 g/mol. The Bertz CT molecular complexity index is 511. The van der Waals surface area contributed by atoms with Crippen molar-refractivity contribution in [3.8, 4) is 0 Å². The van der Waals surface area contributed by atoms with E-state index in [-0.39, 0.29) is 0 Å². The molecule has 0 fully saturated rings. The van der Waals surface area contributed by atoms with Crippen LogP contribution in [0.4, 0.5) is 17.2 Å². The third kappa shape index (κ3) is 2.25. The highest BCUT2D eigenvalue weighted by Gasteiger charge is 2.01. The van der Waals surface area contributed by atoms with Gasteiger partial charge in [0.2, 0.25) is 0 Å². The smallest absolute Gasteiger partial charge is 0.130 e. The zero-order chi connectivity index (χ0) is 11.5. The molecule has 82 valence electrons. The predicted molar refractivity (Wildman–Crippen MR) is 68.1 cm³/mol. The van der Waals surface area contributed by atoms with Gasteiger partial charge in [0.1, 0.15) is 5.82 Å². The van der Waals surface area contributed by atoms with Crippen molar-refractivity contribution in [3.63, 3.8) is 0 Å². The molecule has 0 radical (unpaired) electrons. The number of anilines is 3. The summed E-state index contributed by atoms with van der Waals surface area (Å²) >= 11 is 6.03. The van der Waals surface area contributed by atoms with Gasteiger partial charge < -0.3 is 11.1 Å². The van der Waals surface area contributed by atoms with Crippen molar-refractivity contribution in [2.24, 2.45) is 0 Å². The number of nitrogens with two attached hydrogens (primary N) is 1. The van der Waals surface area contributed by atoms with Crippen LogP contribution >= 0.6 is 11.6 Å². The molecule has 0 saturated heterocycles. The first-order valence-electron chi connectivity index (χ1n) is 4.91. The lowest BCUT2D eigenvalue weighted by Gasteiger charge is -2.08. The first-order chi connectivity index (χ1) is 7.66. The Kier molecular flexibility index (Phi) is 2.97. The van der Waals surface area contributed by atoms with E-state index in [2.05, 4.69) is 10.3 Å². The first kappa shape index (κ1) is 10.8. The molecule has 2 rings (SSSR count). The Labute approximate surface area is 99.3 Å². The third-order valence-electron chi connectivity index (χ3n) is 2.26. The molecule has 3 N–H and O–H groups in total. The predicted octanol–water partition coefficient (Wildman–Crippen LogP) is 3.37. The van der Waals surface area contributed by atoms with E-state index in [0.717, 1.165) is 17.2 Å². The van der Waals surface area contributed by atoms with Crippen LogP contribution in [0.3, 0.4) is 0 Å². The number of hydrogen-bond acceptors (Lipinski definition) is 3. The molecule has 0 atom stereocenters. The van der Waals surface area contributed by atoms with Crippen LogP contribution in [0.2, 0.25) is 5.02 Å². The summed E-state index contributed by atoms with van der Waals surface area (Å²) < 4.78 is 0. The van der Waals surface area contributed by atoms with Gasteiger partial charge in [-0.05, 0) is 31.2 Å². The maximum Gasteiger partial charge on any atom is 0.130 e. The molecule has 0 spiro atoms. The van der Waals surface area contributed by atoms with Crippen LogP contribution in [0.1, 0.15) is 5.69 Å². The average Bonchev–Trinajstić information content (AvgIpc) is 2.27. The van der Waals surface area contributed by atoms with Crippen molar-refractivity contribution in [3.05, 3.63) is 47.1 Å². The average molecular weight is 234 g/mol.